The van der Waals surface area contributed by atoms with Crippen LogP contribution in [0.25, 0.3) is 0 Å². The summed E-state index contributed by atoms with van der Waals surface area (Å²) in [5.74, 6) is -0.187. The number of esters is 1. The maximum Gasteiger partial charge on any atom is 0.307 e. The van der Waals surface area contributed by atoms with E-state index < -0.39 is 0 Å². The van der Waals surface area contributed by atoms with Crippen LogP contribution in [-0.4, -0.2) is 19.7 Å². The van der Waals surface area contributed by atoms with E-state index in [4.69, 9.17) is 4.74 Å². The topological polar surface area (TPSA) is 29.5 Å². The Morgan fingerprint density at radius 1 is 0.815 bits per heavy atom. The van der Waals surface area contributed by atoms with Crippen molar-refractivity contribution in [2.45, 2.75) is 28.0 Å². The summed E-state index contributed by atoms with van der Waals surface area (Å²) in [6.45, 7) is 2.06. The fourth-order valence-electron chi connectivity index (χ4n) is 2.70. The van der Waals surface area contributed by atoms with Gasteiger partial charge in [0.15, 0.2) is 21.4 Å². The number of anilines is 1. The molecule has 27 heavy (non-hydrogen) atoms. The van der Waals surface area contributed by atoms with Crippen LogP contribution in [0.5, 0.6) is 0 Å². The molecule has 0 N–H and O–H groups in total. The molecule has 0 spiro atoms. The Balaban J connectivity index is 1.85. The SMILES string of the molecule is CCC(=O)OCN(C)c1ccc([S+](c2ccccc2)c2ccccc2)cc1. The van der Waals surface area contributed by atoms with Crippen LogP contribution < -0.4 is 4.90 Å². The van der Waals surface area contributed by atoms with Gasteiger partial charge in [0.25, 0.3) is 0 Å². The fourth-order valence-corrected chi connectivity index (χ4v) is 4.79. The zero-order chi connectivity index (χ0) is 19.1. The molecular formula is C23H24NO2S+. The van der Waals surface area contributed by atoms with Gasteiger partial charge in [-0.15, -0.1) is 0 Å². The lowest BCUT2D eigenvalue weighted by Crippen LogP contribution is -2.23. The van der Waals surface area contributed by atoms with Crippen LogP contribution in [0.3, 0.4) is 0 Å². The number of benzene rings is 3. The highest BCUT2D eigenvalue weighted by molar-refractivity contribution is 7.97. The monoisotopic (exact) mass is 378 g/mol. The first kappa shape index (κ1) is 19.1. The van der Waals surface area contributed by atoms with Gasteiger partial charge >= 0.3 is 5.97 Å². The van der Waals surface area contributed by atoms with Crippen molar-refractivity contribution in [3.05, 3.63) is 84.9 Å². The summed E-state index contributed by atoms with van der Waals surface area (Å²) >= 11 is 0. The van der Waals surface area contributed by atoms with Crippen LogP contribution in [0.15, 0.2) is 99.6 Å². The van der Waals surface area contributed by atoms with Crippen LogP contribution in [0.1, 0.15) is 13.3 Å². The van der Waals surface area contributed by atoms with E-state index in [1.165, 1.54) is 14.7 Å². The minimum absolute atomic E-state index is 0.153. The number of hydrogen-bond donors (Lipinski definition) is 0. The van der Waals surface area contributed by atoms with Gasteiger partial charge in [0.1, 0.15) is 0 Å². The molecule has 0 radical (unpaired) electrons. The van der Waals surface area contributed by atoms with E-state index in [1.807, 2.05) is 24.1 Å². The van der Waals surface area contributed by atoms with Crippen molar-refractivity contribution < 1.29 is 9.53 Å². The molecule has 0 aliphatic heterocycles. The van der Waals surface area contributed by atoms with Gasteiger partial charge in [-0.05, 0) is 48.5 Å². The molecule has 3 aromatic carbocycles. The van der Waals surface area contributed by atoms with E-state index in [-0.39, 0.29) is 23.6 Å². The van der Waals surface area contributed by atoms with Crippen LogP contribution in [0, 0.1) is 0 Å². The molecule has 3 rings (SSSR count). The van der Waals surface area contributed by atoms with Crippen molar-refractivity contribution in [2.24, 2.45) is 0 Å². The van der Waals surface area contributed by atoms with E-state index in [0.717, 1.165) is 5.69 Å². The molecule has 0 saturated carbocycles. The maximum atomic E-state index is 11.4. The summed E-state index contributed by atoms with van der Waals surface area (Å²) in [4.78, 5) is 17.1. The summed E-state index contributed by atoms with van der Waals surface area (Å²) in [5.41, 5.74) is 1.02. The van der Waals surface area contributed by atoms with Gasteiger partial charge in [-0.1, -0.05) is 43.3 Å². The van der Waals surface area contributed by atoms with Crippen molar-refractivity contribution in [1.29, 1.82) is 0 Å². The van der Waals surface area contributed by atoms with E-state index in [9.17, 15) is 4.79 Å². The first-order chi connectivity index (χ1) is 13.2. The zero-order valence-corrected chi connectivity index (χ0v) is 16.5. The summed E-state index contributed by atoms with van der Waals surface area (Å²) in [5, 5.41) is 0. The standard InChI is InChI=1S/C23H24NO2S/c1-3-23(25)26-18-24(2)19-14-16-22(17-15-19)27(20-10-6-4-7-11-20)21-12-8-5-9-13-21/h4-17H,3,18H2,1-2H3/q+1. The summed E-state index contributed by atoms with van der Waals surface area (Å²) in [7, 11) is 1.77. The Morgan fingerprint density at radius 3 is 1.78 bits per heavy atom. The minimum atomic E-state index is -0.187. The number of carbonyl (C=O) groups is 1. The average Bonchev–Trinajstić information content (AvgIpc) is 2.74. The largest absolute Gasteiger partial charge is 0.444 e. The first-order valence-electron chi connectivity index (χ1n) is 9.00. The van der Waals surface area contributed by atoms with Crippen LogP contribution in [-0.2, 0) is 20.4 Å². The van der Waals surface area contributed by atoms with Gasteiger partial charge in [-0.3, -0.25) is 4.79 Å². The lowest BCUT2D eigenvalue weighted by molar-refractivity contribution is -0.143. The highest BCUT2D eigenvalue weighted by atomic mass is 32.2. The van der Waals surface area contributed by atoms with Gasteiger partial charge in [-0.25, -0.2) is 0 Å². The number of nitrogens with zero attached hydrogens (tertiary/aromatic N) is 1. The smallest absolute Gasteiger partial charge is 0.307 e. The Hall–Kier alpha value is -2.72. The quantitative estimate of drug-likeness (QED) is 0.324. The Morgan fingerprint density at radius 2 is 1.30 bits per heavy atom. The molecule has 0 aliphatic rings. The van der Waals surface area contributed by atoms with E-state index in [0.29, 0.717) is 6.42 Å². The average molecular weight is 379 g/mol. The van der Waals surface area contributed by atoms with Gasteiger partial charge in [-0.2, -0.15) is 0 Å². The molecule has 0 unspecified atom stereocenters. The normalized spacial score (nSPS) is 10.6. The van der Waals surface area contributed by atoms with Crippen molar-refractivity contribution in [3.8, 4) is 0 Å². The van der Waals surface area contributed by atoms with Gasteiger partial charge < -0.3 is 9.64 Å². The lowest BCUT2D eigenvalue weighted by atomic mass is 10.3. The minimum Gasteiger partial charge on any atom is -0.444 e. The van der Waals surface area contributed by atoms with Crippen LogP contribution in [0.4, 0.5) is 5.69 Å². The van der Waals surface area contributed by atoms with Gasteiger partial charge in [0.05, 0.1) is 10.9 Å². The summed E-state index contributed by atoms with van der Waals surface area (Å²) < 4.78 is 5.21. The molecule has 3 aromatic rings. The van der Waals surface area contributed by atoms with Crippen molar-refractivity contribution >= 4 is 22.6 Å². The van der Waals surface area contributed by atoms with Gasteiger partial charge in [0, 0.05) is 19.2 Å². The highest BCUT2D eigenvalue weighted by Gasteiger charge is 2.28. The third kappa shape index (κ3) is 4.92. The third-order valence-electron chi connectivity index (χ3n) is 4.18. The molecule has 0 aliphatic carbocycles. The molecule has 0 fully saturated rings. The highest BCUT2D eigenvalue weighted by Crippen LogP contribution is 2.31. The predicted molar refractivity (Wildman–Crippen MR) is 111 cm³/mol. The second-order valence-corrected chi connectivity index (χ2v) is 8.15. The Bertz CT molecular complexity index is 811. The van der Waals surface area contributed by atoms with E-state index in [1.54, 1.807) is 6.92 Å². The molecule has 3 nitrogen and oxygen atoms in total. The van der Waals surface area contributed by atoms with Crippen molar-refractivity contribution in [1.82, 2.24) is 0 Å². The molecule has 0 atom stereocenters. The summed E-state index contributed by atoms with van der Waals surface area (Å²) in [6.07, 6.45) is 0.393. The Kier molecular flexibility index (Phi) is 6.55. The number of ether oxygens (including phenoxy) is 1. The molecule has 0 aromatic heterocycles. The van der Waals surface area contributed by atoms with Crippen LogP contribution >= 0.6 is 0 Å². The Labute approximate surface area is 163 Å². The van der Waals surface area contributed by atoms with E-state index in [2.05, 4.69) is 72.8 Å². The van der Waals surface area contributed by atoms with Crippen molar-refractivity contribution in [3.63, 3.8) is 0 Å². The molecule has 4 heteroatoms. The zero-order valence-electron chi connectivity index (χ0n) is 15.7. The molecule has 138 valence electrons. The molecular weight excluding hydrogens is 354 g/mol. The number of carbonyl (C=O) groups excluding carboxylic acids is 1. The van der Waals surface area contributed by atoms with E-state index >= 15 is 0 Å². The lowest BCUT2D eigenvalue weighted by Gasteiger charge is -2.19. The first-order valence-corrected chi connectivity index (χ1v) is 10.2. The summed E-state index contributed by atoms with van der Waals surface area (Å²) in [6, 6.07) is 29.7. The maximum absolute atomic E-state index is 11.4. The van der Waals surface area contributed by atoms with Crippen molar-refractivity contribution in [2.75, 3.05) is 18.7 Å². The number of hydrogen-bond acceptors (Lipinski definition) is 3. The second kappa shape index (κ2) is 9.28. The fraction of sp³-hybridized carbons (Fsp3) is 0.174. The second-order valence-electron chi connectivity index (χ2n) is 6.12. The van der Waals surface area contributed by atoms with Crippen LogP contribution in [0.2, 0.25) is 0 Å². The molecule has 0 heterocycles. The molecule has 0 saturated heterocycles. The molecule has 0 amide bonds. The third-order valence-corrected chi connectivity index (χ3v) is 6.41. The number of rotatable bonds is 7. The predicted octanol–water partition coefficient (Wildman–Crippen LogP) is 5.13. The van der Waals surface area contributed by atoms with Gasteiger partial charge in [0.2, 0.25) is 0 Å². The molecule has 0 bridgehead atoms.